The summed E-state index contributed by atoms with van der Waals surface area (Å²) in [4.78, 5) is 11.1. The number of carbonyl (C=O) groups is 1. The third kappa shape index (κ3) is 11.0. The number of hydrogen-bond donors (Lipinski definition) is 1. The molecule has 0 radical (unpaired) electrons. The summed E-state index contributed by atoms with van der Waals surface area (Å²) in [6.07, 6.45) is 6.87. The average Bonchev–Trinajstić information content (AvgIpc) is 2.25. The van der Waals surface area contributed by atoms with Crippen LogP contribution >= 0.6 is 0 Å². The Kier molecular flexibility index (Phi) is 9.21. The monoisotopic (exact) mass is 239 g/mol. The molecule has 3 heteroatoms. The minimum atomic E-state index is -0.333. The molecule has 0 aliphatic rings. The SMILES string of the molecule is CCCOC(=O)NCC=C(C)CCC=C(C)C. The van der Waals surface area contributed by atoms with Crippen LogP contribution in [-0.2, 0) is 4.74 Å². The average molecular weight is 239 g/mol. The van der Waals surface area contributed by atoms with E-state index in [2.05, 4.69) is 32.2 Å². The molecule has 0 aromatic carbocycles. The van der Waals surface area contributed by atoms with E-state index in [4.69, 9.17) is 4.74 Å². The maximum atomic E-state index is 11.1. The van der Waals surface area contributed by atoms with Crippen LogP contribution in [0.1, 0.15) is 47.0 Å². The number of nitrogens with one attached hydrogen (secondary N) is 1. The fourth-order valence-electron chi connectivity index (χ4n) is 1.24. The van der Waals surface area contributed by atoms with Crippen LogP contribution in [0.3, 0.4) is 0 Å². The second-order valence-electron chi connectivity index (χ2n) is 4.39. The van der Waals surface area contributed by atoms with Crippen LogP contribution in [-0.4, -0.2) is 19.2 Å². The first-order valence-corrected chi connectivity index (χ1v) is 6.25. The number of allylic oxidation sites excluding steroid dienone is 3. The van der Waals surface area contributed by atoms with Crippen molar-refractivity contribution >= 4 is 6.09 Å². The lowest BCUT2D eigenvalue weighted by atomic mass is 10.1. The summed E-state index contributed by atoms with van der Waals surface area (Å²) in [6.45, 7) is 9.28. The van der Waals surface area contributed by atoms with Gasteiger partial charge in [-0.2, -0.15) is 0 Å². The van der Waals surface area contributed by atoms with Crippen LogP contribution in [0.2, 0.25) is 0 Å². The summed E-state index contributed by atoms with van der Waals surface area (Å²) in [7, 11) is 0. The molecule has 0 saturated carbocycles. The third-order valence-electron chi connectivity index (χ3n) is 2.23. The van der Waals surface area contributed by atoms with Gasteiger partial charge in [0.25, 0.3) is 0 Å². The summed E-state index contributed by atoms with van der Waals surface area (Å²) >= 11 is 0. The van der Waals surface area contributed by atoms with E-state index in [0.29, 0.717) is 13.2 Å². The van der Waals surface area contributed by atoms with Crippen molar-refractivity contribution in [2.45, 2.75) is 47.0 Å². The molecular weight excluding hydrogens is 214 g/mol. The van der Waals surface area contributed by atoms with Gasteiger partial charge in [-0.05, 0) is 40.0 Å². The fourth-order valence-corrected chi connectivity index (χ4v) is 1.24. The normalized spacial score (nSPS) is 10.9. The molecule has 0 bridgehead atoms. The quantitative estimate of drug-likeness (QED) is 0.686. The van der Waals surface area contributed by atoms with Gasteiger partial charge in [-0.25, -0.2) is 4.79 Å². The van der Waals surface area contributed by atoms with Crippen LogP contribution in [0.15, 0.2) is 23.3 Å². The largest absolute Gasteiger partial charge is 0.450 e. The number of hydrogen-bond acceptors (Lipinski definition) is 2. The Morgan fingerprint density at radius 1 is 1.24 bits per heavy atom. The topological polar surface area (TPSA) is 38.3 Å². The zero-order valence-electron chi connectivity index (χ0n) is 11.5. The highest BCUT2D eigenvalue weighted by Gasteiger charge is 1.97. The van der Waals surface area contributed by atoms with Gasteiger partial charge in [-0.15, -0.1) is 0 Å². The van der Waals surface area contributed by atoms with Crippen molar-refractivity contribution in [2.24, 2.45) is 0 Å². The number of amides is 1. The highest BCUT2D eigenvalue weighted by molar-refractivity contribution is 5.67. The van der Waals surface area contributed by atoms with Gasteiger partial charge in [0.1, 0.15) is 0 Å². The lowest BCUT2D eigenvalue weighted by Gasteiger charge is -2.04. The van der Waals surface area contributed by atoms with Gasteiger partial charge in [0.15, 0.2) is 0 Å². The first kappa shape index (κ1) is 15.8. The molecule has 0 saturated heterocycles. The molecule has 1 amide bonds. The summed E-state index contributed by atoms with van der Waals surface area (Å²) in [6, 6.07) is 0. The number of carbonyl (C=O) groups excluding carboxylic acids is 1. The molecule has 0 fully saturated rings. The van der Waals surface area contributed by atoms with Gasteiger partial charge in [-0.1, -0.05) is 30.2 Å². The van der Waals surface area contributed by atoms with Gasteiger partial charge in [-0.3, -0.25) is 0 Å². The molecule has 3 nitrogen and oxygen atoms in total. The van der Waals surface area contributed by atoms with Crippen molar-refractivity contribution in [1.82, 2.24) is 5.32 Å². The number of rotatable bonds is 7. The predicted octanol–water partition coefficient (Wildman–Crippen LogP) is 3.82. The molecule has 0 heterocycles. The summed E-state index contributed by atoms with van der Waals surface area (Å²) in [5.41, 5.74) is 2.64. The van der Waals surface area contributed by atoms with Crippen LogP contribution in [0, 0.1) is 0 Å². The van der Waals surface area contributed by atoms with Gasteiger partial charge < -0.3 is 10.1 Å². The summed E-state index contributed by atoms with van der Waals surface area (Å²) in [5, 5.41) is 2.69. The molecule has 0 atom stereocenters. The molecular formula is C14H25NO2. The van der Waals surface area contributed by atoms with E-state index in [9.17, 15) is 4.79 Å². The fraction of sp³-hybridized carbons (Fsp3) is 0.643. The van der Waals surface area contributed by atoms with E-state index in [0.717, 1.165) is 19.3 Å². The molecule has 98 valence electrons. The van der Waals surface area contributed by atoms with E-state index in [1.807, 2.05) is 13.0 Å². The highest BCUT2D eigenvalue weighted by atomic mass is 16.5. The van der Waals surface area contributed by atoms with E-state index in [-0.39, 0.29) is 6.09 Å². The zero-order valence-corrected chi connectivity index (χ0v) is 11.5. The van der Waals surface area contributed by atoms with E-state index in [1.54, 1.807) is 0 Å². The minimum absolute atomic E-state index is 0.333. The standard InChI is InChI=1S/C14H25NO2/c1-5-11-17-14(16)15-10-9-13(4)8-6-7-12(2)3/h7,9H,5-6,8,10-11H2,1-4H3,(H,15,16). The Morgan fingerprint density at radius 2 is 1.94 bits per heavy atom. The zero-order chi connectivity index (χ0) is 13.1. The van der Waals surface area contributed by atoms with Crippen LogP contribution in [0.5, 0.6) is 0 Å². The Bertz CT molecular complexity index is 276. The molecule has 0 unspecified atom stereocenters. The predicted molar refractivity (Wildman–Crippen MR) is 72.1 cm³/mol. The summed E-state index contributed by atoms with van der Waals surface area (Å²) in [5.74, 6) is 0. The summed E-state index contributed by atoms with van der Waals surface area (Å²) < 4.78 is 4.90. The molecule has 0 rings (SSSR count). The maximum Gasteiger partial charge on any atom is 0.407 e. The Balaban J connectivity index is 3.69. The number of alkyl carbamates (subject to hydrolysis) is 1. The smallest absolute Gasteiger partial charge is 0.407 e. The van der Waals surface area contributed by atoms with Crippen molar-refractivity contribution in [3.05, 3.63) is 23.3 Å². The lowest BCUT2D eigenvalue weighted by molar-refractivity contribution is 0.147. The first-order valence-electron chi connectivity index (χ1n) is 6.25. The second kappa shape index (κ2) is 9.94. The molecule has 0 aromatic heterocycles. The van der Waals surface area contributed by atoms with Crippen molar-refractivity contribution < 1.29 is 9.53 Å². The number of ether oxygens (including phenoxy) is 1. The van der Waals surface area contributed by atoms with E-state index >= 15 is 0 Å². The van der Waals surface area contributed by atoms with Crippen molar-refractivity contribution in [3.63, 3.8) is 0 Å². The van der Waals surface area contributed by atoms with Crippen LogP contribution in [0.4, 0.5) is 4.79 Å². The third-order valence-corrected chi connectivity index (χ3v) is 2.23. The molecule has 0 aliphatic carbocycles. The first-order chi connectivity index (χ1) is 8.06. The highest BCUT2D eigenvalue weighted by Crippen LogP contribution is 2.05. The van der Waals surface area contributed by atoms with Crippen LogP contribution < -0.4 is 5.32 Å². The van der Waals surface area contributed by atoms with Gasteiger partial charge in [0, 0.05) is 6.54 Å². The van der Waals surface area contributed by atoms with E-state index < -0.39 is 0 Å². The van der Waals surface area contributed by atoms with Gasteiger partial charge in [0.05, 0.1) is 6.61 Å². The molecule has 0 spiro atoms. The molecule has 17 heavy (non-hydrogen) atoms. The van der Waals surface area contributed by atoms with Crippen molar-refractivity contribution in [2.75, 3.05) is 13.2 Å². The van der Waals surface area contributed by atoms with Crippen molar-refractivity contribution in [3.8, 4) is 0 Å². The van der Waals surface area contributed by atoms with E-state index in [1.165, 1.54) is 11.1 Å². The Morgan fingerprint density at radius 3 is 2.53 bits per heavy atom. The van der Waals surface area contributed by atoms with Crippen LogP contribution in [0.25, 0.3) is 0 Å². The Labute approximate surface area is 105 Å². The molecule has 0 aliphatic heterocycles. The lowest BCUT2D eigenvalue weighted by Crippen LogP contribution is -2.24. The molecule has 0 aromatic rings. The second-order valence-corrected chi connectivity index (χ2v) is 4.39. The molecule has 1 N–H and O–H groups in total. The van der Waals surface area contributed by atoms with Crippen molar-refractivity contribution in [1.29, 1.82) is 0 Å². The van der Waals surface area contributed by atoms with Gasteiger partial charge in [0.2, 0.25) is 0 Å². The minimum Gasteiger partial charge on any atom is -0.450 e. The van der Waals surface area contributed by atoms with Gasteiger partial charge >= 0.3 is 6.09 Å². The maximum absolute atomic E-state index is 11.1. The Hall–Kier alpha value is -1.25.